The molecule has 2 amide bonds. The molecule has 1 N–H and O–H groups in total. The van der Waals surface area contributed by atoms with E-state index in [2.05, 4.69) is 19.2 Å². The molecule has 0 aliphatic carbocycles. The van der Waals surface area contributed by atoms with Crippen LogP contribution in [0.5, 0.6) is 0 Å². The van der Waals surface area contributed by atoms with E-state index < -0.39 is 0 Å². The van der Waals surface area contributed by atoms with E-state index in [4.69, 9.17) is 0 Å². The zero-order valence-corrected chi connectivity index (χ0v) is 18.3. The average Bonchev–Trinajstić information content (AvgIpc) is 3.32. The Morgan fingerprint density at radius 3 is 2.30 bits per heavy atom. The first-order chi connectivity index (χ1) is 14.4. The largest absolute Gasteiger partial charge is 0.350 e. The summed E-state index contributed by atoms with van der Waals surface area (Å²) in [5, 5.41) is 5.18. The molecular formula is C25H24N2O2S. The highest BCUT2D eigenvalue weighted by atomic mass is 32.1. The molecule has 1 aliphatic rings. The van der Waals surface area contributed by atoms with Gasteiger partial charge in [0.25, 0.3) is 11.8 Å². The summed E-state index contributed by atoms with van der Waals surface area (Å²) < 4.78 is 0. The molecule has 5 heteroatoms. The number of thiophene rings is 1. The van der Waals surface area contributed by atoms with Crippen LogP contribution in [0, 0.1) is 13.8 Å². The molecule has 1 aliphatic heterocycles. The summed E-state index contributed by atoms with van der Waals surface area (Å²) in [6.45, 7) is 8.22. The van der Waals surface area contributed by atoms with Gasteiger partial charge in [0, 0.05) is 10.6 Å². The Balaban J connectivity index is 1.78. The van der Waals surface area contributed by atoms with Crippen LogP contribution < -0.4 is 10.2 Å². The van der Waals surface area contributed by atoms with Crippen molar-refractivity contribution in [3.8, 4) is 0 Å². The highest BCUT2D eigenvalue weighted by molar-refractivity contribution is 7.11. The zero-order valence-electron chi connectivity index (χ0n) is 17.5. The molecule has 0 saturated carbocycles. The van der Waals surface area contributed by atoms with E-state index in [1.807, 2.05) is 73.8 Å². The lowest BCUT2D eigenvalue weighted by Gasteiger charge is -2.17. The van der Waals surface area contributed by atoms with Gasteiger partial charge in [0.1, 0.15) is 5.70 Å². The number of benzene rings is 2. The Kier molecular flexibility index (Phi) is 5.31. The van der Waals surface area contributed by atoms with E-state index in [0.717, 1.165) is 27.3 Å². The van der Waals surface area contributed by atoms with Crippen molar-refractivity contribution in [3.63, 3.8) is 0 Å². The van der Waals surface area contributed by atoms with Crippen molar-refractivity contribution in [2.75, 3.05) is 10.2 Å². The molecule has 152 valence electrons. The quantitative estimate of drug-likeness (QED) is 0.528. The van der Waals surface area contributed by atoms with Gasteiger partial charge in [-0.3, -0.25) is 9.59 Å². The predicted molar refractivity (Wildman–Crippen MR) is 124 cm³/mol. The van der Waals surface area contributed by atoms with Crippen LogP contribution in [0.15, 0.2) is 65.7 Å². The van der Waals surface area contributed by atoms with E-state index in [9.17, 15) is 9.59 Å². The SMILES string of the molecule is Cc1ccc(C)c(NC2=C(c3cccs3)C(=O)N(c3ccc(C(C)C)cc3)C2=O)c1. The molecule has 30 heavy (non-hydrogen) atoms. The van der Waals surface area contributed by atoms with Gasteiger partial charge in [0.15, 0.2) is 0 Å². The van der Waals surface area contributed by atoms with Gasteiger partial charge in [-0.2, -0.15) is 0 Å². The second kappa shape index (κ2) is 7.92. The Morgan fingerprint density at radius 1 is 0.933 bits per heavy atom. The van der Waals surface area contributed by atoms with Gasteiger partial charge in [-0.15, -0.1) is 11.3 Å². The third kappa shape index (κ3) is 3.57. The zero-order chi connectivity index (χ0) is 21.4. The van der Waals surface area contributed by atoms with Gasteiger partial charge >= 0.3 is 0 Å². The topological polar surface area (TPSA) is 49.4 Å². The van der Waals surface area contributed by atoms with Crippen LogP contribution in [0.25, 0.3) is 5.57 Å². The number of aryl methyl sites for hydroxylation is 2. The fraction of sp³-hybridized carbons (Fsp3) is 0.200. The lowest BCUT2D eigenvalue weighted by atomic mass is 10.0. The van der Waals surface area contributed by atoms with E-state index in [1.165, 1.54) is 16.2 Å². The van der Waals surface area contributed by atoms with Crippen LogP contribution >= 0.6 is 11.3 Å². The number of hydrogen-bond donors (Lipinski definition) is 1. The third-order valence-electron chi connectivity index (χ3n) is 5.32. The summed E-state index contributed by atoms with van der Waals surface area (Å²) in [6, 6.07) is 17.4. The maximum Gasteiger partial charge on any atom is 0.282 e. The van der Waals surface area contributed by atoms with Crippen molar-refractivity contribution in [2.24, 2.45) is 0 Å². The monoisotopic (exact) mass is 416 g/mol. The van der Waals surface area contributed by atoms with Crippen molar-refractivity contribution in [3.05, 3.63) is 87.2 Å². The second-order valence-electron chi connectivity index (χ2n) is 7.86. The molecule has 4 rings (SSSR count). The second-order valence-corrected chi connectivity index (χ2v) is 8.81. The van der Waals surface area contributed by atoms with Crippen molar-refractivity contribution in [1.29, 1.82) is 0 Å². The fourth-order valence-electron chi connectivity index (χ4n) is 3.54. The number of nitrogens with zero attached hydrogens (tertiary/aromatic N) is 1. The van der Waals surface area contributed by atoms with Gasteiger partial charge in [-0.05, 0) is 66.1 Å². The Labute approximate surface area is 180 Å². The average molecular weight is 417 g/mol. The van der Waals surface area contributed by atoms with E-state index in [-0.39, 0.29) is 11.8 Å². The summed E-state index contributed by atoms with van der Waals surface area (Å²) in [4.78, 5) is 28.9. The number of imide groups is 1. The van der Waals surface area contributed by atoms with Crippen LogP contribution in [-0.2, 0) is 9.59 Å². The molecule has 3 aromatic rings. The van der Waals surface area contributed by atoms with E-state index in [1.54, 1.807) is 0 Å². The first-order valence-electron chi connectivity index (χ1n) is 9.98. The minimum absolute atomic E-state index is 0.299. The van der Waals surface area contributed by atoms with Gasteiger partial charge < -0.3 is 5.32 Å². The molecule has 0 atom stereocenters. The van der Waals surface area contributed by atoms with Crippen LogP contribution in [0.3, 0.4) is 0 Å². The smallest absolute Gasteiger partial charge is 0.282 e. The molecule has 2 aromatic carbocycles. The van der Waals surface area contributed by atoms with E-state index >= 15 is 0 Å². The molecule has 1 aromatic heterocycles. The van der Waals surface area contributed by atoms with Crippen molar-refractivity contribution in [1.82, 2.24) is 0 Å². The van der Waals surface area contributed by atoms with Crippen LogP contribution in [0.1, 0.15) is 41.3 Å². The molecule has 0 bridgehead atoms. The number of carbonyl (C=O) groups is 2. The Hall–Kier alpha value is -3.18. The Bertz CT molecular complexity index is 1140. The highest BCUT2D eigenvalue weighted by Crippen LogP contribution is 2.36. The summed E-state index contributed by atoms with van der Waals surface area (Å²) in [7, 11) is 0. The molecule has 0 radical (unpaired) electrons. The first-order valence-corrected chi connectivity index (χ1v) is 10.9. The van der Waals surface area contributed by atoms with Crippen LogP contribution in [-0.4, -0.2) is 11.8 Å². The van der Waals surface area contributed by atoms with Crippen LogP contribution in [0.2, 0.25) is 0 Å². The Morgan fingerprint density at radius 2 is 1.67 bits per heavy atom. The summed E-state index contributed by atoms with van der Waals surface area (Å²) in [6.07, 6.45) is 0. The summed E-state index contributed by atoms with van der Waals surface area (Å²) >= 11 is 1.45. The molecule has 0 spiro atoms. The summed E-state index contributed by atoms with van der Waals surface area (Å²) in [5.41, 5.74) is 5.42. The highest BCUT2D eigenvalue weighted by Gasteiger charge is 2.40. The normalized spacial score (nSPS) is 14.2. The molecule has 0 saturated heterocycles. The minimum Gasteiger partial charge on any atom is -0.350 e. The number of rotatable bonds is 5. The minimum atomic E-state index is -0.332. The van der Waals surface area contributed by atoms with E-state index in [0.29, 0.717) is 22.9 Å². The van der Waals surface area contributed by atoms with Gasteiger partial charge in [-0.1, -0.05) is 44.2 Å². The number of anilines is 2. The summed E-state index contributed by atoms with van der Waals surface area (Å²) in [5.74, 6) is -0.250. The first kappa shape index (κ1) is 20.1. The molecule has 2 heterocycles. The van der Waals surface area contributed by atoms with Gasteiger partial charge in [0.2, 0.25) is 0 Å². The van der Waals surface area contributed by atoms with Crippen molar-refractivity contribution in [2.45, 2.75) is 33.6 Å². The lowest BCUT2D eigenvalue weighted by molar-refractivity contribution is -0.120. The molecule has 0 unspecified atom stereocenters. The fourth-order valence-corrected chi connectivity index (χ4v) is 4.31. The molecular weight excluding hydrogens is 392 g/mol. The van der Waals surface area contributed by atoms with Gasteiger partial charge in [0.05, 0.1) is 11.3 Å². The van der Waals surface area contributed by atoms with Crippen LogP contribution in [0.4, 0.5) is 11.4 Å². The molecule has 4 nitrogen and oxygen atoms in total. The van der Waals surface area contributed by atoms with Gasteiger partial charge in [-0.25, -0.2) is 4.90 Å². The number of carbonyl (C=O) groups excluding carboxylic acids is 2. The van der Waals surface area contributed by atoms with Crippen molar-refractivity contribution < 1.29 is 9.59 Å². The number of amides is 2. The number of nitrogens with one attached hydrogen (secondary N) is 1. The predicted octanol–water partition coefficient (Wildman–Crippen LogP) is 5.88. The maximum atomic E-state index is 13.4. The standard InChI is InChI=1S/C25H24N2O2S/c1-15(2)18-9-11-19(12-10-18)27-24(28)22(21-6-5-13-30-21)23(25(27)29)26-20-14-16(3)7-8-17(20)4/h5-15,26H,1-4H3. The lowest BCUT2D eigenvalue weighted by Crippen LogP contribution is -2.32. The number of hydrogen-bond acceptors (Lipinski definition) is 4. The van der Waals surface area contributed by atoms with Crippen molar-refractivity contribution >= 4 is 40.1 Å². The molecule has 0 fully saturated rings. The maximum absolute atomic E-state index is 13.4. The third-order valence-corrected chi connectivity index (χ3v) is 6.21.